The summed E-state index contributed by atoms with van der Waals surface area (Å²) in [5.41, 5.74) is 7.13. The van der Waals surface area contributed by atoms with E-state index in [-0.39, 0.29) is 18.8 Å². The molecular formula is C36H36FNO4. The molecule has 0 N–H and O–H groups in total. The summed E-state index contributed by atoms with van der Waals surface area (Å²) in [6, 6.07) is 32.0. The van der Waals surface area contributed by atoms with E-state index in [0.717, 1.165) is 40.0 Å². The van der Waals surface area contributed by atoms with Gasteiger partial charge in [-0.1, -0.05) is 72.8 Å². The van der Waals surface area contributed by atoms with Crippen molar-refractivity contribution in [1.29, 1.82) is 0 Å². The van der Waals surface area contributed by atoms with Gasteiger partial charge in [0.15, 0.2) is 0 Å². The number of hydrogen-bond acceptors (Lipinski definition) is 4. The van der Waals surface area contributed by atoms with Crippen LogP contribution in [0.15, 0.2) is 97.1 Å². The van der Waals surface area contributed by atoms with Crippen LogP contribution in [0.3, 0.4) is 0 Å². The highest BCUT2D eigenvalue weighted by Crippen LogP contribution is 2.41. The van der Waals surface area contributed by atoms with E-state index in [0.29, 0.717) is 37.7 Å². The number of rotatable bonds is 13. The third-order valence-corrected chi connectivity index (χ3v) is 7.23. The number of aromatic nitrogens is 1. The van der Waals surface area contributed by atoms with Crippen LogP contribution in [0.1, 0.15) is 31.4 Å². The number of hydrogen-bond donors (Lipinski definition) is 0. The Morgan fingerprint density at radius 1 is 0.833 bits per heavy atom. The molecule has 4 aromatic carbocycles. The molecule has 1 aromatic heterocycles. The fraction of sp³-hybridized carbons (Fsp3) is 0.250. The number of halogens is 1. The van der Waals surface area contributed by atoms with Gasteiger partial charge in [-0.05, 0) is 60.7 Å². The van der Waals surface area contributed by atoms with Crippen molar-refractivity contribution in [1.82, 2.24) is 4.57 Å². The van der Waals surface area contributed by atoms with Crippen LogP contribution in [0.4, 0.5) is 4.39 Å². The summed E-state index contributed by atoms with van der Waals surface area (Å²) in [6.07, 6.45) is 0.430. The van der Waals surface area contributed by atoms with Crippen LogP contribution in [0.2, 0.25) is 0 Å². The SMILES string of the molecule is CCOCCn1c(-c2ccccc2)c(-c2cccc(COc3ccc(CCC(=O)OCC)c(F)c3)c2)c2ccccc21. The Kier molecular flexibility index (Phi) is 9.67. The lowest BCUT2D eigenvalue weighted by Gasteiger charge is -2.14. The van der Waals surface area contributed by atoms with Crippen molar-refractivity contribution in [2.75, 3.05) is 19.8 Å². The molecule has 0 aliphatic rings. The molecule has 0 atom stereocenters. The average Bonchev–Trinajstić information content (AvgIpc) is 3.34. The van der Waals surface area contributed by atoms with Crippen LogP contribution in [-0.2, 0) is 33.8 Å². The molecule has 0 aliphatic heterocycles. The third kappa shape index (κ3) is 6.72. The number of aryl methyl sites for hydroxylation is 1. The van der Waals surface area contributed by atoms with Crippen LogP contribution >= 0.6 is 0 Å². The predicted octanol–water partition coefficient (Wildman–Crippen LogP) is 8.23. The minimum Gasteiger partial charge on any atom is -0.489 e. The second kappa shape index (κ2) is 14.0. The van der Waals surface area contributed by atoms with E-state index < -0.39 is 5.82 Å². The monoisotopic (exact) mass is 565 g/mol. The van der Waals surface area contributed by atoms with E-state index in [1.807, 2.05) is 25.1 Å². The number of ether oxygens (including phenoxy) is 3. The molecule has 0 unspecified atom stereocenters. The van der Waals surface area contributed by atoms with Crippen molar-refractivity contribution >= 4 is 16.9 Å². The van der Waals surface area contributed by atoms with Crippen LogP contribution in [0.25, 0.3) is 33.3 Å². The molecule has 0 spiro atoms. The van der Waals surface area contributed by atoms with Gasteiger partial charge in [-0.25, -0.2) is 4.39 Å². The molecule has 216 valence electrons. The summed E-state index contributed by atoms with van der Waals surface area (Å²) >= 11 is 0. The molecule has 0 aliphatic carbocycles. The lowest BCUT2D eigenvalue weighted by atomic mass is 9.97. The van der Waals surface area contributed by atoms with Gasteiger partial charge in [0.05, 0.1) is 18.9 Å². The summed E-state index contributed by atoms with van der Waals surface area (Å²) in [4.78, 5) is 11.6. The van der Waals surface area contributed by atoms with E-state index in [4.69, 9.17) is 14.2 Å². The number of carbonyl (C=O) groups is 1. The zero-order valence-corrected chi connectivity index (χ0v) is 24.1. The van der Waals surface area contributed by atoms with E-state index in [1.165, 1.54) is 11.5 Å². The van der Waals surface area contributed by atoms with Crippen molar-refractivity contribution in [3.05, 3.63) is 114 Å². The summed E-state index contributed by atoms with van der Waals surface area (Å²) in [5, 5.41) is 1.17. The maximum absolute atomic E-state index is 14.7. The number of benzene rings is 4. The number of fused-ring (bicyclic) bond motifs is 1. The first-order valence-corrected chi connectivity index (χ1v) is 14.5. The number of carbonyl (C=O) groups excluding carboxylic acids is 1. The second-order valence-electron chi connectivity index (χ2n) is 10.0. The summed E-state index contributed by atoms with van der Waals surface area (Å²) < 4.78 is 33.8. The molecule has 5 nitrogen and oxygen atoms in total. The highest BCUT2D eigenvalue weighted by atomic mass is 19.1. The van der Waals surface area contributed by atoms with Gasteiger partial charge in [0.25, 0.3) is 0 Å². The van der Waals surface area contributed by atoms with Crippen LogP contribution in [-0.4, -0.2) is 30.4 Å². The third-order valence-electron chi connectivity index (χ3n) is 7.23. The highest BCUT2D eigenvalue weighted by Gasteiger charge is 2.20. The Labute approximate surface area is 246 Å². The molecule has 0 saturated heterocycles. The van der Waals surface area contributed by atoms with E-state index >= 15 is 0 Å². The number of esters is 1. The summed E-state index contributed by atoms with van der Waals surface area (Å²) in [7, 11) is 0. The lowest BCUT2D eigenvalue weighted by molar-refractivity contribution is -0.143. The maximum Gasteiger partial charge on any atom is 0.306 e. The minimum absolute atomic E-state index is 0.144. The lowest BCUT2D eigenvalue weighted by Crippen LogP contribution is -2.07. The molecule has 42 heavy (non-hydrogen) atoms. The zero-order chi connectivity index (χ0) is 29.3. The molecule has 5 aromatic rings. The van der Waals surface area contributed by atoms with Crippen molar-refractivity contribution < 1.29 is 23.4 Å². The first-order chi connectivity index (χ1) is 20.6. The highest BCUT2D eigenvalue weighted by molar-refractivity contribution is 6.04. The second-order valence-corrected chi connectivity index (χ2v) is 10.0. The fourth-order valence-corrected chi connectivity index (χ4v) is 5.30. The topological polar surface area (TPSA) is 49.7 Å². The molecule has 0 fully saturated rings. The number of nitrogens with zero attached hydrogens (tertiary/aromatic N) is 1. The minimum atomic E-state index is -0.391. The molecule has 0 amide bonds. The normalized spacial score (nSPS) is 11.1. The Morgan fingerprint density at radius 3 is 2.40 bits per heavy atom. The van der Waals surface area contributed by atoms with Gasteiger partial charge in [0.2, 0.25) is 0 Å². The Balaban J connectivity index is 1.43. The Bertz CT molecular complexity index is 1640. The van der Waals surface area contributed by atoms with Crippen molar-refractivity contribution in [2.45, 2.75) is 39.8 Å². The van der Waals surface area contributed by atoms with Crippen LogP contribution in [0, 0.1) is 5.82 Å². The first kappa shape index (κ1) is 29.1. The van der Waals surface area contributed by atoms with Gasteiger partial charge in [-0.2, -0.15) is 0 Å². The van der Waals surface area contributed by atoms with Crippen LogP contribution < -0.4 is 4.74 Å². The van der Waals surface area contributed by atoms with Gasteiger partial charge < -0.3 is 18.8 Å². The molecule has 5 rings (SSSR count). The molecule has 0 saturated carbocycles. The van der Waals surface area contributed by atoms with Gasteiger partial charge in [0, 0.05) is 42.1 Å². The largest absolute Gasteiger partial charge is 0.489 e. The van der Waals surface area contributed by atoms with E-state index in [9.17, 15) is 9.18 Å². The van der Waals surface area contributed by atoms with E-state index in [2.05, 4.69) is 65.2 Å². The standard InChI is InChI=1S/C36H36FNO4/c1-3-40-22-21-38-33-16-9-8-15-31(33)35(36(38)28-12-6-5-7-13-28)29-14-10-11-26(23-29)25-42-30-19-17-27(32(37)24-30)18-20-34(39)41-4-2/h5-17,19,23-24H,3-4,18,20-22,25H2,1-2H3. The molecule has 1 heterocycles. The van der Waals surface area contributed by atoms with Gasteiger partial charge in [-0.15, -0.1) is 0 Å². The number of para-hydroxylation sites is 1. The summed E-state index contributed by atoms with van der Waals surface area (Å²) in [6.45, 7) is 6.42. The first-order valence-electron chi connectivity index (χ1n) is 14.5. The molecule has 0 radical (unpaired) electrons. The fourth-order valence-electron chi connectivity index (χ4n) is 5.30. The smallest absolute Gasteiger partial charge is 0.306 e. The van der Waals surface area contributed by atoms with Crippen molar-refractivity contribution in [3.63, 3.8) is 0 Å². The van der Waals surface area contributed by atoms with Gasteiger partial charge in [0.1, 0.15) is 18.2 Å². The predicted molar refractivity (Wildman–Crippen MR) is 165 cm³/mol. The van der Waals surface area contributed by atoms with Gasteiger partial charge in [-0.3, -0.25) is 4.79 Å². The molecule has 0 bridgehead atoms. The average molecular weight is 566 g/mol. The Hall–Kier alpha value is -4.42. The maximum atomic E-state index is 14.7. The van der Waals surface area contributed by atoms with Gasteiger partial charge >= 0.3 is 5.97 Å². The molecular weight excluding hydrogens is 529 g/mol. The molecule has 6 heteroatoms. The van der Waals surface area contributed by atoms with Crippen LogP contribution in [0.5, 0.6) is 5.75 Å². The Morgan fingerprint density at radius 2 is 1.62 bits per heavy atom. The zero-order valence-electron chi connectivity index (χ0n) is 24.1. The summed E-state index contributed by atoms with van der Waals surface area (Å²) in [5.74, 6) is -0.279. The van der Waals surface area contributed by atoms with E-state index in [1.54, 1.807) is 19.1 Å². The van der Waals surface area contributed by atoms with Crippen molar-refractivity contribution in [3.8, 4) is 28.1 Å². The van der Waals surface area contributed by atoms with Crippen molar-refractivity contribution in [2.24, 2.45) is 0 Å². The quantitative estimate of drug-likeness (QED) is 0.107.